The number of rotatable bonds is 4. The van der Waals surface area contributed by atoms with Gasteiger partial charge < -0.3 is 10.2 Å². The summed E-state index contributed by atoms with van der Waals surface area (Å²) in [7, 11) is 0. The summed E-state index contributed by atoms with van der Waals surface area (Å²) in [4.78, 5) is 25.0. The van der Waals surface area contributed by atoms with Crippen LogP contribution < -0.4 is 11.0 Å². The molecule has 0 aliphatic carbocycles. The number of phenols is 2. The maximum atomic E-state index is 12.8. The van der Waals surface area contributed by atoms with Crippen LogP contribution in [0.15, 0.2) is 46.3 Å². The molecule has 8 nitrogen and oxygen atoms in total. The molecule has 0 radical (unpaired) electrons. The van der Waals surface area contributed by atoms with Gasteiger partial charge in [-0.3, -0.25) is 14.7 Å². The monoisotopic (exact) mass is 434 g/mol. The van der Waals surface area contributed by atoms with Crippen LogP contribution in [-0.4, -0.2) is 31.6 Å². The molecule has 4 N–H and O–H groups in total. The molecule has 150 valence electrons. The van der Waals surface area contributed by atoms with E-state index in [1.165, 1.54) is 16.8 Å². The molecule has 1 heterocycles. The number of aryl methyl sites for hydroxylation is 1. The molecule has 1 aromatic heterocycles. The van der Waals surface area contributed by atoms with Crippen molar-refractivity contribution < 1.29 is 15.0 Å². The molecule has 0 spiro atoms. The molecular weight excluding hydrogens is 419 g/mol. The third kappa shape index (κ3) is 4.13. The number of aromatic nitrogens is 2. The van der Waals surface area contributed by atoms with Crippen molar-refractivity contribution in [1.29, 1.82) is 0 Å². The van der Waals surface area contributed by atoms with Gasteiger partial charge in [0.25, 0.3) is 11.5 Å². The number of benzene rings is 2. The fourth-order valence-corrected chi connectivity index (χ4v) is 2.99. The Morgan fingerprint density at radius 1 is 1.10 bits per heavy atom. The standard InChI is InChI=1S/C19H16Cl2N4O4/c1-9(22-23-18(28)11-3-6-15(26)16(27)7-11)17-10(2)24-25(19(17)29)12-4-5-13(20)14(21)8-12/h3-8,24,26-27H,1-2H3,(H,23,28)/b22-9+. The van der Waals surface area contributed by atoms with Crippen LogP contribution in [-0.2, 0) is 0 Å². The van der Waals surface area contributed by atoms with Crippen LogP contribution in [0.2, 0.25) is 10.0 Å². The van der Waals surface area contributed by atoms with Gasteiger partial charge in [0.2, 0.25) is 0 Å². The normalized spacial score (nSPS) is 11.5. The molecule has 29 heavy (non-hydrogen) atoms. The zero-order valence-corrected chi connectivity index (χ0v) is 16.8. The molecule has 0 saturated heterocycles. The van der Waals surface area contributed by atoms with E-state index in [2.05, 4.69) is 15.6 Å². The number of hydrazone groups is 1. The number of nitrogens with one attached hydrogen (secondary N) is 2. The van der Waals surface area contributed by atoms with E-state index in [1.807, 2.05) is 0 Å². The highest BCUT2D eigenvalue weighted by molar-refractivity contribution is 6.42. The fraction of sp³-hybridized carbons (Fsp3) is 0.105. The Kier molecular flexibility index (Phi) is 5.67. The van der Waals surface area contributed by atoms with E-state index in [4.69, 9.17) is 23.2 Å². The summed E-state index contributed by atoms with van der Waals surface area (Å²) in [5.41, 5.74) is 3.63. The molecule has 0 fully saturated rings. The van der Waals surface area contributed by atoms with Crippen molar-refractivity contribution in [2.45, 2.75) is 13.8 Å². The minimum Gasteiger partial charge on any atom is -0.504 e. The number of amides is 1. The highest BCUT2D eigenvalue weighted by atomic mass is 35.5. The van der Waals surface area contributed by atoms with Crippen LogP contribution >= 0.6 is 23.2 Å². The first kappa shape index (κ1) is 20.5. The third-order valence-electron chi connectivity index (χ3n) is 4.16. The number of aromatic hydroxyl groups is 2. The zero-order chi connectivity index (χ0) is 21.3. The van der Waals surface area contributed by atoms with Crippen LogP contribution in [0.5, 0.6) is 11.5 Å². The lowest BCUT2D eigenvalue weighted by Gasteiger charge is -2.04. The number of nitrogens with zero attached hydrogens (tertiary/aromatic N) is 2. The number of aromatic amines is 1. The smallest absolute Gasteiger partial charge is 0.280 e. The van der Waals surface area contributed by atoms with Gasteiger partial charge in [0.1, 0.15) is 0 Å². The Morgan fingerprint density at radius 2 is 1.83 bits per heavy atom. The first-order valence-corrected chi connectivity index (χ1v) is 9.08. The number of carbonyl (C=O) groups excluding carboxylic acids is 1. The van der Waals surface area contributed by atoms with Gasteiger partial charge >= 0.3 is 0 Å². The molecule has 0 unspecified atom stereocenters. The third-order valence-corrected chi connectivity index (χ3v) is 4.90. The topological polar surface area (TPSA) is 120 Å². The average molecular weight is 435 g/mol. The van der Waals surface area contributed by atoms with Gasteiger partial charge in [0, 0.05) is 11.3 Å². The van der Waals surface area contributed by atoms with Crippen molar-refractivity contribution in [3.8, 4) is 17.2 Å². The lowest BCUT2D eigenvalue weighted by molar-refractivity contribution is 0.0954. The van der Waals surface area contributed by atoms with E-state index < -0.39 is 11.7 Å². The molecule has 3 aromatic rings. The second-order valence-corrected chi connectivity index (χ2v) is 7.01. The highest BCUT2D eigenvalue weighted by Crippen LogP contribution is 2.25. The maximum absolute atomic E-state index is 12.8. The SMILES string of the molecule is C/C(=N\NC(=O)c1ccc(O)c(O)c1)c1c(C)[nH]n(-c2ccc(Cl)c(Cl)c2)c1=O. The van der Waals surface area contributed by atoms with Crippen LogP contribution in [0, 0.1) is 6.92 Å². The van der Waals surface area contributed by atoms with Gasteiger partial charge in [-0.25, -0.2) is 10.1 Å². The van der Waals surface area contributed by atoms with E-state index in [1.54, 1.807) is 32.0 Å². The van der Waals surface area contributed by atoms with Crippen molar-refractivity contribution in [1.82, 2.24) is 15.2 Å². The van der Waals surface area contributed by atoms with Crippen molar-refractivity contribution in [3.63, 3.8) is 0 Å². The summed E-state index contributed by atoms with van der Waals surface area (Å²) in [5, 5.41) is 26.4. The molecule has 2 aromatic carbocycles. The first-order valence-electron chi connectivity index (χ1n) is 8.33. The minimum absolute atomic E-state index is 0.0934. The van der Waals surface area contributed by atoms with E-state index in [9.17, 15) is 19.8 Å². The predicted octanol–water partition coefficient (Wildman–Crippen LogP) is 3.35. The molecule has 3 rings (SSSR count). The number of H-pyrrole nitrogens is 1. The van der Waals surface area contributed by atoms with Crippen LogP contribution in [0.4, 0.5) is 0 Å². The highest BCUT2D eigenvalue weighted by Gasteiger charge is 2.16. The van der Waals surface area contributed by atoms with E-state index in [0.717, 1.165) is 6.07 Å². The summed E-state index contributed by atoms with van der Waals surface area (Å²) in [6, 6.07) is 8.39. The van der Waals surface area contributed by atoms with Crippen LogP contribution in [0.25, 0.3) is 5.69 Å². The van der Waals surface area contributed by atoms with Gasteiger partial charge in [-0.05, 0) is 50.2 Å². The van der Waals surface area contributed by atoms with E-state index in [0.29, 0.717) is 21.4 Å². The number of phenolic OH excluding ortho intramolecular Hbond substituents is 2. The summed E-state index contributed by atoms with van der Waals surface area (Å²) >= 11 is 11.9. The molecule has 0 aliphatic heterocycles. The minimum atomic E-state index is -0.613. The Bertz CT molecular complexity index is 1200. The Hall–Kier alpha value is -3.23. The Morgan fingerprint density at radius 3 is 2.48 bits per heavy atom. The van der Waals surface area contributed by atoms with Gasteiger partial charge in [-0.15, -0.1) is 0 Å². The summed E-state index contributed by atoms with van der Waals surface area (Å²) < 4.78 is 1.30. The first-order chi connectivity index (χ1) is 13.7. The largest absolute Gasteiger partial charge is 0.504 e. The number of hydrogen-bond donors (Lipinski definition) is 4. The van der Waals surface area contributed by atoms with E-state index in [-0.39, 0.29) is 28.1 Å². The average Bonchev–Trinajstić information content (AvgIpc) is 2.98. The summed E-state index contributed by atoms with van der Waals surface area (Å²) in [6.45, 7) is 3.27. The second-order valence-electron chi connectivity index (χ2n) is 6.19. The lowest BCUT2D eigenvalue weighted by Crippen LogP contribution is -2.23. The van der Waals surface area contributed by atoms with Crippen LogP contribution in [0.3, 0.4) is 0 Å². The predicted molar refractivity (Wildman–Crippen MR) is 111 cm³/mol. The van der Waals surface area contributed by atoms with Gasteiger partial charge in [-0.1, -0.05) is 23.2 Å². The maximum Gasteiger partial charge on any atom is 0.280 e. The number of halogens is 2. The number of hydrogen-bond acceptors (Lipinski definition) is 5. The Labute approximate surface area is 175 Å². The zero-order valence-electron chi connectivity index (χ0n) is 15.3. The van der Waals surface area contributed by atoms with Crippen molar-refractivity contribution in [2.24, 2.45) is 5.10 Å². The van der Waals surface area contributed by atoms with Gasteiger partial charge in [0.15, 0.2) is 11.5 Å². The molecule has 1 amide bonds. The van der Waals surface area contributed by atoms with Crippen molar-refractivity contribution >= 4 is 34.8 Å². The van der Waals surface area contributed by atoms with Crippen molar-refractivity contribution in [3.05, 3.63) is 73.6 Å². The summed E-state index contributed by atoms with van der Waals surface area (Å²) in [5.74, 6) is -1.38. The lowest BCUT2D eigenvalue weighted by atomic mass is 10.2. The fourth-order valence-electron chi connectivity index (χ4n) is 2.70. The van der Waals surface area contributed by atoms with Gasteiger partial charge in [0.05, 0.1) is 27.0 Å². The molecule has 0 bridgehead atoms. The second kappa shape index (κ2) is 8.02. The summed E-state index contributed by atoms with van der Waals surface area (Å²) in [6.07, 6.45) is 0. The molecule has 0 saturated carbocycles. The van der Waals surface area contributed by atoms with Crippen molar-refractivity contribution in [2.75, 3.05) is 0 Å². The Balaban J connectivity index is 1.89. The molecule has 0 aliphatic rings. The molecular formula is C19H16Cl2N4O4. The number of carbonyl (C=O) groups is 1. The quantitative estimate of drug-likeness (QED) is 0.285. The molecule has 0 atom stereocenters. The molecule has 10 heteroatoms. The van der Waals surface area contributed by atoms with Crippen LogP contribution in [0.1, 0.15) is 28.5 Å². The van der Waals surface area contributed by atoms with E-state index >= 15 is 0 Å². The van der Waals surface area contributed by atoms with Gasteiger partial charge in [-0.2, -0.15) is 5.10 Å².